The number of H-pyrrole nitrogens is 1. The number of hydrogen-bond acceptors (Lipinski definition) is 2. The van der Waals surface area contributed by atoms with Crippen molar-refractivity contribution in [3.63, 3.8) is 0 Å². The van der Waals surface area contributed by atoms with Crippen LogP contribution in [0.25, 0.3) is 16.2 Å². The van der Waals surface area contributed by atoms with Crippen LogP contribution in [0.5, 0.6) is 0 Å². The molecule has 2 nitrogen and oxygen atoms in total. The van der Waals surface area contributed by atoms with Gasteiger partial charge in [-0.25, -0.2) is 4.98 Å². The van der Waals surface area contributed by atoms with Gasteiger partial charge in [-0.3, -0.25) is 0 Å². The third-order valence-corrected chi connectivity index (χ3v) is 5.94. The molecule has 0 atom stereocenters. The number of aromatic nitrogens is 2. The predicted octanol–water partition coefficient (Wildman–Crippen LogP) is 5.59. The van der Waals surface area contributed by atoms with Gasteiger partial charge in [-0.15, -0.1) is 0 Å². The van der Waals surface area contributed by atoms with Gasteiger partial charge < -0.3 is 0 Å². The van der Waals surface area contributed by atoms with E-state index in [1.807, 2.05) is 18.2 Å². The van der Waals surface area contributed by atoms with E-state index in [1.54, 1.807) is 23.1 Å². The van der Waals surface area contributed by atoms with Crippen molar-refractivity contribution in [1.82, 2.24) is 4.98 Å². The average molecular weight is 358 g/mol. The van der Waals surface area contributed by atoms with Crippen LogP contribution in [0.2, 0.25) is 5.02 Å². The highest BCUT2D eigenvalue weighted by atomic mass is 35.5. The fourth-order valence-electron chi connectivity index (χ4n) is 2.53. The number of aryl methyl sites for hydroxylation is 1. The number of nitrogens with zero attached hydrogens (tertiary/aromatic N) is 1. The van der Waals surface area contributed by atoms with Crippen LogP contribution in [0, 0.1) is 6.92 Å². The van der Waals surface area contributed by atoms with Gasteiger partial charge in [0.15, 0.2) is 5.69 Å². The Hall–Kier alpha value is -1.75. The Morgan fingerprint density at radius 2 is 1.78 bits per heavy atom. The molecule has 114 valence electrons. The second kappa shape index (κ2) is 6.04. The second-order valence-corrected chi connectivity index (χ2v) is 7.60. The first-order valence-electron chi connectivity index (χ1n) is 7.23. The standard InChI is InChI=1S/C18H13ClN2S2/c1-12-11-22-18-20-16(13-5-3-2-4-6-13)17(21(12)18)23-15-9-7-14(19)8-10-15/h2-11H,1H3/p+1. The second-order valence-electron chi connectivity index (χ2n) is 5.24. The Bertz CT molecular complexity index is 956. The van der Waals surface area contributed by atoms with E-state index < -0.39 is 0 Å². The molecule has 0 bridgehead atoms. The molecule has 5 heteroatoms. The molecule has 0 unspecified atom stereocenters. The third-order valence-electron chi connectivity index (χ3n) is 3.64. The molecule has 0 saturated heterocycles. The van der Waals surface area contributed by atoms with Crippen LogP contribution in [0.1, 0.15) is 5.69 Å². The number of halogens is 1. The number of fused-ring (bicyclic) bond motifs is 1. The van der Waals surface area contributed by atoms with Crippen molar-refractivity contribution in [1.29, 1.82) is 0 Å². The van der Waals surface area contributed by atoms with Gasteiger partial charge in [0.25, 0.3) is 0 Å². The van der Waals surface area contributed by atoms with E-state index >= 15 is 0 Å². The normalized spacial score (nSPS) is 11.2. The summed E-state index contributed by atoms with van der Waals surface area (Å²) in [5.41, 5.74) is 3.58. The molecule has 2 aromatic heterocycles. The smallest absolute Gasteiger partial charge is 0.226 e. The molecule has 1 N–H and O–H groups in total. The van der Waals surface area contributed by atoms with Crippen LogP contribution in [0.15, 0.2) is 69.9 Å². The molecule has 2 aromatic carbocycles. The highest BCUT2D eigenvalue weighted by Crippen LogP contribution is 2.35. The van der Waals surface area contributed by atoms with Gasteiger partial charge in [0, 0.05) is 20.9 Å². The topological polar surface area (TPSA) is 19.9 Å². The molecule has 0 aliphatic rings. The van der Waals surface area contributed by atoms with Crippen molar-refractivity contribution in [2.24, 2.45) is 0 Å². The van der Waals surface area contributed by atoms with Crippen LogP contribution in [0.4, 0.5) is 0 Å². The first-order chi connectivity index (χ1) is 11.2. The molecule has 0 saturated carbocycles. The summed E-state index contributed by atoms with van der Waals surface area (Å²) in [6, 6.07) is 18.4. The van der Waals surface area contributed by atoms with E-state index in [1.165, 1.54) is 21.2 Å². The predicted molar refractivity (Wildman–Crippen MR) is 97.6 cm³/mol. The lowest BCUT2D eigenvalue weighted by Crippen LogP contribution is -2.22. The fraction of sp³-hybridized carbons (Fsp3) is 0.0556. The summed E-state index contributed by atoms with van der Waals surface area (Å²) in [5.74, 6) is 0. The van der Waals surface area contributed by atoms with Crippen molar-refractivity contribution in [3.05, 3.63) is 70.7 Å². The maximum absolute atomic E-state index is 6.00. The van der Waals surface area contributed by atoms with Gasteiger partial charge in [0.05, 0.1) is 0 Å². The highest BCUT2D eigenvalue weighted by Gasteiger charge is 2.24. The van der Waals surface area contributed by atoms with Crippen LogP contribution < -0.4 is 4.40 Å². The highest BCUT2D eigenvalue weighted by molar-refractivity contribution is 7.99. The summed E-state index contributed by atoms with van der Waals surface area (Å²) < 4.78 is 2.28. The molecule has 0 fully saturated rings. The van der Waals surface area contributed by atoms with E-state index in [0.29, 0.717) is 0 Å². The summed E-state index contributed by atoms with van der Waals surface area (Å²) in [6.45, 7) is 2.14. The van der Waals surface area contributed by atoms with Gasteiger partial charge in [-0.2, -0.15) is 4.40 Å². The zero-order chi connectivity index (χ0) is 15.8. The molecule has 0 amide bonds. The summed E-state index contributed by atoms with van der Waals surface area (Å²) in [7, 11) is 0. The largest absolute Gasteiger partial charge is 0.345 e. The first kappa shape index (κ1) is 14.8. The molecule has 0 aliphatic heterocycles. The average Bonchev–Trinajstić information content (AvgIpc) is 3.11. The lowest BCUT2D eigenvalue weighted by atomic mass is 10.2. The number of imidazole rings is 1. The Balaban J connectivity index is 1.88. The van der Waals surface area contributed by atoms with Crippen molar-refractivity contribution in [2.45, 2.75) is 16.8 Å². The van der Waals surface area contributed by atoms with Crippen LogP contribution in [-0.2, 0) is 0 Å². The van der Waals surface area contributed by atoms with E-state index in [-0.39, 0.29) is 0 Å². The summed E-state index contributed by atoms with van der Waals surface area (Å²) in [4.78, 5) is 5.89. The number of nitrogens with one attached hydrogen (secondary N) is 1. The molecule has 4 aromatic rings. The molecule has 2 heterocycles. The molecule has 4 rings (SSSR count). The lowest BCUT2D eigenvalue weighted by Gasteiger charge is -2.01. The minimum absolute atomic E-state index is 0.760. The number of thiazole rings is 1. The Morgan fingerprint density at radius 1 is 1.04 bits per heavy atom. The summed E-state index contributed by atoms with van der Waals surface area (Å²) in [5, 5.41) is 4.13. The minimum atomic E-state index is 0.760. The first-order valence-corrected chi connectivity index (χ1v) is 9.30. The maximum Gasteiger partial charge on any atom is 0.345 e. The van der Waals surface area contributed by atoms with Crippen LogP contribution in [-0.4, -0.2) is 4.98 Å². The Morgan fingerprint density at radius 3 is 2.52 bits per heavy atom. The van der Waals surface area contributed by atoms with Crippen molar-refractivity contribution in [2.75, 3.05) is 0 Å². The number of rotatable bonds is 3. The van der Waals surface area contributed by atoms with Crippen LogP contribution >= 0.6 is 34.7 Å². The summed E-state index contributed by atoms with van der Waals surface area (Å²) in [6.07, 6.45) is 0. The number of benzene rings is 2. The zero-order valence-electron chi connectivity index (χ0n) is 12.4. The summed E-state index contributed by atoms with van der Waals surface area (Å²) >= 11 is 9.49. The van der Waals surface area contributed by atoms with Gasteiger partial charge in [0.1, 0.15) is 5.69 Å². The minimum Gasteiger partial charge on any atom is -0.226 e. The van der Waals surface area contributed by atoms with Gasteiger partial charge in [-0.1, -0.05) is 53.3 Å². The molecule has 0 aliphatic carbocycles. The molecule has 0 radical (unpaired) electrons. The molecule has 23 heavy (non-hydrogen) atoms. The van der Waals surface area contributed by atoms with E-state index in [2.05, 4.69) is 58.1 Å². The zero-order valence-corrected chi connectivity index (χ0v) is 14.8. The van der Waals surface area contributed by atoms with E-state index in [0.717, 1.165) is 15.7 Å². The SMILES string of the molecule is Cc1csc2[nH]c(-c3ccccc3)c(Sc3ccc(Cl)cc3)[n+]12. The van der Waals surface area contributed by atoms with Gasteiger partial charge >= 0.3 is 4.96 Å². The Kier molecular flexibility index (Phi) is 3.89. The lowest BCUT2D eigenvalue weighted by molar-refractivity contribution is -0.554. The van der Waals surface area contributed by atoms with Gasteiger partial charge in [-0.05, 0) is 43.0 Å². The van der Waals surface area contributed by atoms with Crippen molar-refractivity contribution in [3.8, 4) is 11.3 Å². The van der Waals surface area contributed by atoms with Crippen LogP contribution in [0.3, 0.4) is 0 Å². The quantitative estimate of drug-likeness (QED) is 0.473. The molecule has 0 spiro atoms. The van der Waals surface area contributed by atoms with E-state index in [9.17, 15) is 0 Å². The number of aromatic amines is 1. The molecular formula is C18H14ClN2S2+. The van der Waals surface area contributed by atoms with E-state index in [4.69, 9.17) is 11.6 Å². The monoisotopic (exact) mass is 357 g/mol. The Labute approximate surface area is 147 Å². The fourth-order valence-corrected chi connectivity index (χ4v) is 4.69. The molecular weight excluding hydrogens is 344 g/mol. The third kappa shape index (κ3) is 2.78. The van der Waals surface area contributed by atoms with Crippen molar-refractivity contribution >= 4 is 39.7 Å². The maximum atomic E-state index is 6.00. The van der Waals surface area contributed by atoms with Crippen molar-refractivity contribution < 1.29 is 4.40 Å². The van der Waals surface area contributed by atoms with Gasteiger partial charge in [0.2, 0.25) is 5.03 Å². The number of hydrogen-bond donors (Lipinski definition) is 1.